The number of rotatable bonds is 4. The van der Waals surface area contributed by atoms with Gasteiger partial charge in [-0.2, -0.15) is 0 Å². The topological polar surface area (TPSA) is 20.3 Å². The first kappa shape index (κ1) is 13.8. The average molecular weight is 277 g/mol. The third-order valence-corrected chi connectivity index (χ3v) is 3.86. The lowest BCUT2D eigenvalue weighted by molar-refractivity contribution is 0.103. The minimum Gasteiger partial charge on any atom is -0.292 e. The number of hydrogen-bond acceptors (Lipinski definition) is 2. The molecule has 0 bridgehead atoms. The van der Waals surface area contributed by atoms with Crippen molar-refractivity contribution in [2.75, 3.05) is 13.1 Å². The van der Waals surface area contributed by atoms with Crippen molar-refractivity contribution in [1.29, 1.82) is 0 Å². The van der Waals surface area contributed by atoms with E-state index in [1.54, 1.807) is 0 Å². The second-order valence-corrected chi connectivity index (χ2v) is 5.52. The van der Waals surface area contributed by atoms with Gasteiger partial charge in [-0.05, 0) is 12.5 Å². The molecule has 0 N–H and O–H groups in total. The standard InChI is InChI=1S/C19H19NO/c1-15-8-10-16(11-9-15)19(21)18-7-3-2-6-17(18)14-20-12-4-5-13-20/h2-11H,12-14H2,1H3. The first-order valence-corrected chi connectivity index (χ1v) is 7.30. The molecule has 2 aromatic carbocycles. The summed E-state index contributed by atoms with van der Waals surface area (Å²) in [4.78, 5) is 15.0. The summed E-state index contributed by atoms with van der Waals surface area (Å²) in [6.07, 6.45) is 4.34. The molecule has 2 nitrogen and oxygen atoms in total. The van der Waals surface area contributed by atoms with Crippen molar-refractivity contribution >= 4 is 5.78 Å². The van der Waals surface area contributed by atoms with Gasteiger partial charge in [-0.3, -0.25) is 9.69 Å². The molecule has 3 rings (SSSR count). The van der Waals surface area contributed by atoms with E-state index >= 15 is 0 Å². The van der Waals surface area contributed by atoms with Crippen LogP contribution in [0.25, 0.3) is 0 Å². The van der Waals surface area contributed by atoms with E-state index in [-0.39, 0.29) is 5.78 Å². The molecule has 0 radical (unpaired) electrons. The molecular formula is C19H19NO. The van der Waals surface area contributed by atoms with E-state index in [1.165, 1.54) is 5.56 Å². The average Bonchev–Trinajstić information content (AvgIpc) is 3.01. The predicted molar refractivity (Wildman–Crippen MR) is 85.5 cm³/mol. The number of carbonyl (C=O) groups excluding carboxylic acids is 1. The number of ketones is 1. The number of carbonyl (C=O) groups is 1. The highest BCUT2D eigenvalue weighted by atomic mass is 16.1. The number of benzene rings is 2. The van der Waals surface area contributed by atoms with Crippen molar-refractivity contribution in [2.24, 2.45) is 0 Å². The minimum absolute atomic E-state index is 0.109. The van der Waals surface area contributed by atoms with Crippen molar-refractivity contribution in [3.05, 3.63) is 82.9 Å². The van der Waals surface area contributed by atoms with E-state index < -0.39 is 0 Å². The molecule has 0 saturated heterocycles. The first-order chi connectivity index (χ1) is 10.2. The van der Waals surface area contributed by atoms with Crippen LogP contribution in [0.3, 0.4) is 0 Å². The Kier molecular flexibility index (Phi) is 3.98. The fourth-order valence-corrected chi connectivity index (χ4v) is 2.63. The zero-order chi connectivity index (χ0) is 14.7. The molecule has 21 heavy (non-hydrogen) atoms. The summed E-state index contributed by atoms with van der Waals surface area (Å²) in [5.74, 6) is 0.109. The maximum atomic E-state index is 12.7. The quantitative estimate of drug-likeness (QED) is 0.628. The van der Waals surface area contributed by atoms with Gasteiger partial charge >= 0.3 is 0 Å². The zero-order valence-electron chi connectivity index (χ0n) is 12.3. The SMILES string of the molecule is Cc1ccc(C(=O)c2ccccc2CN2CC=CC2)cc1. The van der Waals surface area contributed by atoms with Crippen molar-refractivity contribution in [3.63, 3.8) is 0 Å². The first-order valence-electron chi connectivity index (χ1n) is 7.30. The summed E-state index contributed by atoms with van der Waals surface area (Å²) in [5.41, 5.74) is 3.84. The van der Waals surface area contributed by atoms with Crippen LogP contribution in [0.15, 0.2) is 60.7 Å². The Bertz CT molecular complexity index is 662. The molecule has 0 aromatic heterocycles. The molecule has 2 aromatic rings. The molecule has 1 aliphatic heterocycles. The highest BCUT2D eigenvalue weighted by Crippen LogP contribution is 2.18. The normalized spacial score (nSPS) is 14.5. The summed E-state index contributed by atoms with van der Waals surface area (Å²) in [7, 11) is 0. The van der Waals surface area contributed by atoms with E-state index in [9.17, 15) is 4.79 Å². The lowest BCUT2D eigenvalue weighted by Gasteiger charge is -2.17. The van der Waals surface area contributed by atoms with Crippen LogP contribution in [0.4, 0.5) is 0 Å². The predicted octanol–water partition coefficient (Wildman–Crippen LogP) is 3.60. The Morgan fingerprint density at radius 2 is 1.67 bits per heavy atom. The van der Waals surface area contributed by atoms with Crippen LogP contribution in [-0.4, -0.2) is 23.8 Å². The Morgan fingerprint density at radius 1 is 1.00 bits per heavy atom. The third-order valence-electron chi connectivity index (χ3n) is 3.86. The molecule has 0 unspecified atom stereocenters. The molecule has 0 saturated carbocycles. The summed E-state index contributed by atoms with van der Waals surface area (Å²) in [5, 5.41) is 0. The number of hydrogen-bond donors (Lipinski definition) is 0. The van der Waals surface area contributed by atoms with Crippen molar-refractivity contribution in [2.45, 2.75) is 13.5 Å². The second kappa shape index (κ2) is 6.06. The molecule has 0 spiro atoms. The Labute approximate surface area is 125 Å². The van der Waals surface area contributed by atoms with Crippen LogP contribution in [0, 0.1) is 6.92 Å². The van der Waals surface area contributed by atoms with Gasteiger partial charge < -0.3 is 0 Å². The lowest BCUT2D eigenvalue weighted by atomic mass is 9.97. The van der Waals surface area contributed by atoms with Crippen molar-refractivity contribution in [1.82, 2.24) is 4.90 Å². The highest BCUT2D eigenvalue weighted by Gasteiger charge is 2.15. The van der Waals surface area contributed by atoms with Gasteiger partial charge in [0, 0.05) is 30.8 Å². The largest absolute Gasteiger partial charge is 0.292 e. The number of aryl methyl sites for hydroxylation is 1. The van der Waals surface area contributed by atoms with Gasteiger partial charge in [-0.25, -0.2) is 0 Å². The molecule has 0 amide bonds. The summed E-state index contributed by atoms with van der Waals surface area (Å²) in [6, 6.07) is 15.7. The van der Waals surface area contributed by atoms with Crippen molar-refractivity contribution < 1.29 is 4.79 Å². The van der Waals surface area contributed by atoms with Crippen LogP contribution >= 0.6 is 0 Å². The minimum atomic E-state index is 0.109. The van der Waals surface area contributed by atoms with Crippen LogP contribution < -0.4 is 0 Å². The van der Waals surface area contributed by atoms with Crippen molar-refractivity contribution in [3.8, 4) is 0 Å². The van der Waals surface area contributed by atoms with Crippen LogP contribution in [0.1, 0.15) is 27.0 Å². The van der Waals surface area contributed by atoms with Gasteiger partial charge in [0.25, 0.3) is 0 Å². The van der Waals surface area contributed by atoms with Gasteiger partial charge in [-0.1, -0.05) is 66.2 Å². The van der Waals surface area contributed by atoms with E-state index in [0.29, 0.717) is 0 Å². The van der Waals surface area contributed by atoms with E-state index in [4.69, 9.17) is 0 Å². The fourth-order valence-electron chi connectivity index (χ4n) is 2.63. The fraction of sp³-hybridized carbons (Fsp3) is 0.211. The lowest BCUT2D eigenvalue weighted by Crippen LogP contribution is -2.21. The molecule has 0 aliphatic carbocycles. The smallest absolute Gasteiger partial charge is 0.193 e. The Morgan fingerprint density at radius 3 is 2.38 bits per heavy atom. The highest BCUT2D eigenvalue weighted by molar-refractivity contribution is 6.09. The molecule has 106 valence electrons. The van der Waals surface area contributed by atoms with Gasteiger partial charge in [0.15, 0.2) is 5.78 Å². The maximum Gasteiger partial charge on any atom is 0.193 e. The summed E-state index contributed by atoms with van der Waals surface area (Å²) >= 11 is 0. The summed E-state index contributed by atoms with van der Waals surface area (Å²) in [6.45, 7) is 4.78. The molecular weight excluding hydrogens is 258 g/mol. The molecule has 2 heteroatoms. The Balaban J connectivity index is 1.87. The van der Waals surface area contributed by atoms with Gasteiger partial charge in [-0.15, -0.1) is 0 Å². The number of nitrogens with zero attached hydrogens (tertiary/aromatic N) is 1. The molecule has 1 aliphatic rings. The van der Waals surface area contributed by atoms with Gasteiger partial charge in [0.2, 0.25) is 0 Å². The monoisotopic (exact) mass is 277 g/mol. The molecule has 1 heterocycles. The van der Waals surface area contributed by atoms with Crippen LogP contribution in [-0.2, 0) is 6.54 Å². The molecule has 0 atom stereocenters. The van der Waals surface area contributed by atoms with E-state index in [0.717, 1.165) is 36.3 Å². The zero-order valence-corrected chi connectivity index (χ0v) is 12.3. The van der Waals surface area contributed by atoms with E-state index in [2.05, 4.69) is 23.1 Å². The second-order valence-electron chi connectivity index (χ2n) is 5.52. The van der Waals surface area contributed by atoms with Crippen LogP contribution in [0.5, 0.6) is 0 Å². The summed E-state index contributed by atoms with van der Waals surface area (Å²) < 4.78 is 0. The van der Waals surface area contributed by atoms with Crippen LogP contribution in [0.2, 0.25) is 0 Å². The third kappa shape index (κ3) is 3.11. The van der Waals surface area contributed by atoms with Gasteiger partial charge in [0.05, 0.1) is 0 Å². The Hall–Kier alpha value is -2.19. The maximum absolute atomic E-state index is 12.7. The van der Waals surface area contributed by atoms with Gasteiger partial charge in [0.1, 0.15) is 0 Å². The van der Waals surface area contributed by atoms with E-state index in [1.807, 2.05) is 49.4 Å². The molecule has 0 fully saturated rings.